The van der Waals surface area contributed by atoms with E-state index in [2.05, 4.69) is 4.98 Å². The fourth-order valence-electron chi connectivity index (χ4n) is 1.32. The molecule has 0 aliphatic rings. The summed E-state index contributed by atoms with van der Waals surface area (Å²) in [6.45, 7) is 0.489. The second kappa shape index (κ2) is 5.07. The van der Waals surface area contributed by atoms with Gasteiger partial charge in [0, 0.05) is 12.3 Å². The highest BCUT2D eigenvalue weighted by atomic mass is 16.5. The molecular formula is C13H11NO2. The minimum absolute atomic E-state index is 0.380. The van der Waals surface area contributed by atoms with Gasteiger partial charge in [0.25, 0.3) is 0 Å². The molecule has 2 rings (SSSR count). The Morgan fingerprint density at radius 1 is 1.19 bits per heavy atom. The van der Waals surface area contributed by atoms with Crippen LogP contribution in [0.5, 0.6) is 5.75 Å². The van der Waals surface area contributed by atoms with E-state index in [9.17, 15) is 4.79 Å². The number of carbonyl (C=O) groups is 1. The quantitative estimate of drug-likeness (QED) is 0.732. The summed E-state index contributed by atoms with van der Waals surface area (Å²) in [7, 11) is 0. The van der Waals surface area contributed by atoms with Gasteiger partial charge >= 0.3 is 0 Å². The number of pyridine rings is 1. The number of carbonyl (C=O) groups excluding carboxylic acids is 1. The Morgan fingerprint density at radius 3 is 2.75 bits per heavy atom. The second-order valence-corrected chi connectivity index (χ2v) is 3.31. The second-order valence-electron chi connectivity index (χ2n) is 3.31. The predicted octanol–water partition coefficient (Wildman–Crippen LogP) is 2.47. The highest BCUT2D eigenvalue weighted by molar-refractivity contribution is 5.72. The molecule has 0 aliphatic carbocycles. The van der Waals surface area contributed by atoms with Gasteiger partial charge < -0.3 is 4.74 Å². The molecule has 0 amide bonds. The van der Waals surface area contributed by atoms with Crippen LogP contribution in [0, 0.1) is 0 Å². The predicted molar refractivity (Wildman–Crippen MR) is 60.4 cm³/mol. The summed E-state index contributed by atoms with van der Waals surface area (Å²) in [6.07, 6.45) is 2.26. The molecule has 0 unspecified atom stereocenters. The summed E-state index contributed by atoms with van der Waals surface area (Å²) in [6, 6.07) is 13.2. The minimum atomic E-state index is 0.380. The number of aromatic nitrogens is 1. The summed E-state index contributed by atoms with van der Waals surface area (Å²) < 4.78 is 5.54. The van der Waals surface area contributed by atoms with Crippen molar-refractivity contribution in [3.8, 4) is 5.75 Å². The van der Waals surface area contributed by atoms with Crippen LogP contribution < -0.4 is 4.74 Å². The third-order valence-electron chi connectivity index (χ3n) is 2.12. The molecule has 0 radical (unpaired) electrons. The fourth-order valence-corrected chi connectivity index (χ4v) is 1.32. The van der Waals surface area contributed by atoms with Crippen LogP contribution >= 0.6 is 0 Å². The Kier molecular flexibility index (Phi) is 3.28. The number of hydrogen-bond acceptors (Lipinski definition) is 3. The average Bonchev–Trinajstić information content (AvgIpc) is 2.38. The Hall–Kier alpha value is -2.16. The van der Waals surface area contributed by atoms with Gasteiger partial charge in [-0.1, -0.05) is 30.3 Å². The highest BCUT2D eigenvalue weighted by Crippen LogP contribution is 2.12. The molecule has 2 aromatic rings. The molecule has 0 spiro atoms. The van der Waals surface area contributed by atoms with Gasteiger partial charge in [0.2, 0.25) is 0 Å². The van der Waals surface area contributed by atoms with Gasteiger partial charge in [0.15, 0.2) is 6.29 Å². The summed E-state index contributed by atoms with van der Waals surface area (Å²) in [5.74, 6) is 0.654. The van der Waals surface area contributed by atoms with Gasteiger partial charge in [-0.3, -0.25) is 9.78 Å². The van der Waals surface area contributed by atoms with Crippen molar-refractivity contribution >= 4 is 6.29 Å². The van der Waals surface area contributed by atoms with E-state index in [0.29, 0.717) is 24.3 Å². The molecule has 0 N–H and O–H groups in total. The van der Waals surface area contributed by atoms with Gasteiger partial charge in [-0.05, 0) is 11.6 Å². The number of hydrogen-bond donors (Lipinski definition) is 0. The molecule has 1 heterocycles. The van der Waals surface area contributed by atoms with Crippen LogP contribution in [-0.2, 0) is 6.61 Å². The van der Waals surface area contributed by atoms with Crippen molar-refractivity contribution in [2.24, 2.45) is 0 Å². The molecule has 1 aromatic heterocycles. The number of rotatable bonds is 4. The van der Waals surface area contributed by atoms with Crippen molar-refractivity contribution in [1.82, 2.24) is 4.98 Å². The third-order valence-corrected chi connectivity index (χ3v) is 2.12. The zero-order valence-corrected chi connectivity index (χ0v) is 8.67. The molecular weight excluding hydrogens is 202 g/mol. The first-order valence-electron chi connectivity index (χ1n) is 4.96. The molecule has 0 bridgehead atoms. The van der Waals surface area contributed by atoms with Gasteiger partial charge in [-0.2, -0.15) is 0 Å². The molecule has 3 nitrogen and oxygen atoms in total. The molecule has 1 aromatic carbocycles. The smallest absolute Gasteiger partial charge is 0.168 e. The van der Waals surface area contributed by atoms with Crippen LogP contribution in [0.3, 0.4) is 0 Å². The molecule has 16 heavy (non-hydrogen) atoms. The van der Waals surface area contributed by atoms with Crippen molar-refractivity contribution < 1.29 is 9.53 Å². The first-order chi connectivity index (χ1) is 7.88. The zero-order valence-electron chi connectivity index (χ0n) is 8.67. The standard InChI is InChI=1S/C13H11NO2/c15-9-12-8-13(6-7-14-12)16-10-11-4-2-1-3-5-11/h1-9H,10H2. The lowest BCUT2D eigenvalue weighted by atomic mass is 10.2. The van der Waals surface area contributed by atoms with Crippen LogP contribution in [0.4, 0.5) is 0 Å². The Balaban J connectivity index is 2.02. The Bertz CT molecular complexity index is 468. The number of ether oxygens (including phenoxy) is 1. The molecule has 0 fully saturated rings. The van der Waals surface area contributed by atoms with Crippen LogP contribution in [0.2, 0.25) is 0 Å². The highest BCUT2D eigenvalue weighted by Gasteiger charge is 1.97. The largest absolute Gasteiger partial charge is 0.489 e. The van der Waals surface area contributed by atoms with E-state index in [0.717, 1.165) is 5.56 Å². The summed E-state index contributed by atoms with van der Waals surface area (Å²) in [4.78, 5) is 14.4. The summed E-state index contributed by atoms with van der Waals surface area (Å²) in [5.41, 5.74) is 1.47. The van der Waals surface area contributed by atoms with Crippen molar-refractivity contribution in [1.29, 1.82) is 0 Å². The van der Waals surface area contributed by atoms with Crippen LogP contribution in [-0.4, -0.2) is 11.3 Å². The first kappa shape index (κ1) is 10.4. The lowest BCUT2D eigenvalue weighted by molar-refractivity contribution is 0.111. The number of benzene rings is 1. The SMILES string of the molecule is O=Cc1cc(OCc2ccccc2)ccn1. The topological polar surface area (TPSA) is 39.2 Å². The lowest BCUT2D eigenvalue weighted by Crippen LogP contribution is -1.96. The van der Waals surface area contributed by atoms with E-state index < -0.39 is 0 Å². The molecule has 80 valence electrons. The fraction of sp³-hybridized carbons (Fsp3) is 0.0769. The maximum Gasteiger partial charge on any atom is 0.168 e. The third kappa shape index (κ3) is 2.67. The van der Waals surface area contributed by atoms with E-state index in [-0.39, 0.29) is 0 Å². The lowest BCUT2D eigenvalue weighted by Gasteiger charge is -2.05. The van der Waals surface area contributed by atoms with Crippen molar-refractivity contribution in [3.63, 3.8) is 0 Å². The van der Waals surface area contributed by atoms with Crippen molar-refractivity contribution in [2.45, 2.75) is 6.61 Å². The van der Waals surface area contributed by atoms with Crippen molar-refractivity contribution in [2.75, 3.05) is 0 Å². The summed E-state index contributed by atoms with van der Waals surface area (Å²) >= 11 is 0. The molecule has 0 atom stereocenters. The molecule has 0 saturated carbocycles. The van der Waals surface area contributed by atoms with E-state index in [4.69, 9.17) is 4.74 Å². The van der Waals surface area contributed by atoms with E-state index in [1.165, 1.54) is 0 Å². The zero-order chi connectivity index (χ0) is 11.2. The number of nitrogens with zero attached hydrogens (tertiary/aromatic N) is 1. The molecule has 0 saturated heterocycles. The van der Waals surface area contributed by atoms with E-state index in [1.807, 2.05) is 30.3 Å². The molecule has 3 heteroatoms. The van der Waals surface area contributed by atoms with E-state index >= 15 is 0 Å². The molecule has 0 aliphatic heterocycles. The van der Waals surface area contributed by atoms with Gasteiger partial charge in [-0.25, -0.2) is 0 Å². The first-order valence-corrected chi connectivity index (χ1v) is 4.96. The monoisotopic (exact) mass is 213 g/mol. The van der Waals surface area contributed by atoms with Crippen LogP contribution in [0.1, 0.15) is 16.1 Å². The van der Waals surface area contributed by atoms with E-state index in [1.54, 1.807) is 18.3 Å². The van der Waals surface area contributed by atoms with Gasteiger partial charge in [-0.15, -0.1) is 0 Å². The average molecular weight is 213 g/mol. The normalized spacial score (nSPS) is 9.75. The maximum absolute atomic E-state index is 10.5. The van der Waals surface area contributed by atoms with Crippen LogP contribution in [0.15, 0.2) is 48.7 Å². The minimum Gasteiger partial charge on any atom is -0.489 e. The maximum atomic E-state index is 10.5. The van der Waals surface area contributed by atoms with Gasteiger partial charge in [0.1, 0.15) is 18.1 Å². The number of aldehydes is 1. The van der Waals surface area contributed by atoms with Gasteiger partial charge in [0.05, 0.1) is 0 Å². The van der Waals surface area contributed by atoms with Crippen molar-refractivity contribution in [3.05, 3.63) is 59.9 Å². The Morgan fingerprint density at radius 2 is 2.00 bits per heavy atom. The Labute approximate surface area is 93.7 Å². The van der Waals surface area contributed by atoms with Crippen LogP contribution in [0.25, 0.3) is 0 Å². The summed E-state index contributed by atoms with van der Waals surface area (Å²) in [5, 5.41) is 0.